The molecule has 0 N–H and O–H groups in total. The first-order valence-corrected chi connectivity index (χ1v) is 7.54. The van der Waals surface area contributed by atoms with Crippen molar-refractivity contribution >= 4 is 94.1 Å². The minimum absolute atomic E-state index is 0.795. The van der Waals surface area contributed by atoms with E-state index < -0.39 is 0 Å². The van der Waals surface area contributed by atoms with Gasteiger partial charge in [-0.3, -0.25) is 0 Å². The normalized spacial score (nSPS) is 10.6. The highest BCUT2D eigenvalue weighted by atomic mass is 79.9. The Bertz CT molecular complexity index is 622. The third-order valence-electron chi connectivity index (χ3n) is 4.21. The molecule has 19 heavy (non-hydrogen) atoms. The molecular formula is C12H13B5BrCl. The van der Waals surface area contributed by atoms with Gasteiger partial charge < -0.3 is 0 Å². The van der Waals surface area contributed by atoms with E-state index in [0.29, 0.717) is 0 Å². The summed E-state index contributed by atoms with van der Waals surface area (Å²) in [6.45, 7) is 0. The molecule has 0 aliphatic heterocycles. The van der Waals surface area contributed by atoms with Gasteiger partial charge in [0.15, 0.2) is 0 Å². The van der Waals surface area contributed by atoms with Crippen LogP contribution in [0.25, 0.3) is 11.1 Å². The summed E-state index contributed by atoms with van der Waals surface area (Å²) >= 11 is 10.1. The number of hydrogen-bond donors (Lipinski definition) is 0. The van der Waals surface area contributed by atoms with Crippen molar-refractivity contribution < 1.29 is 0 Å². The van der Waals surface area contributed by atoms with Gasteiger partial charge in [-0.15, -0.1) is 16.4 Å². The number of rotatable bonds is 1. The van der Waals surface area contributed by atoms with Gasteiger partial charge in [0.05, 0.1) is 0 Å². The van der Waals surface area contributed by atoms with Crippen LogP contribution in [0.5, 0.6) is 0 Å². The minimum atomic E-state index is 0.795. The highest BCUT2D eigenvalue weighted by Gasteiger charge is 2.16. The molecule has 0 bridgehead atoms. The van der Waals surface area contributed by atoms with E-state index >= 15 is 0 Å². The fourth-order valence-corrected chi connectivity index (χ4v) is 3.56. The zero-order valence-corrected chi connectivity index (χ0v) is 14.3. The molecule has 2 aromatic rings. The van der Waals surface area contributed by atoms with Gasteiger partial charge >= 0.3 is 0 Å². The summed E-state index contributed by atoms with van der Waals surface area (Å²) in [5, 5.41) is 0.795. The molecule has 0 saturated carbocycles. The second kappa shape index (κ2) is 5.50. The van der Waals surface area contributed by atoms with Crippen LogP contribution in [0.4, 0.5) is 0 Å². The van der Waals surface area contributed by atoms with Gasteiger partial charge in [0, 0.05) is 15.1 Å². The summed E-state index contributed by atoms with van der Waals surface area (Å²) in [4.78, 5) is 0. The lowest BCUT2D eigenvalue weighted by atomic mass is 9.59. The van der Waals surface area contributed by atoms with E-state index in [9.17, 15) is 0 Å². The monoisotopic (exact) mass is 326 g/mol. The number of benzene rings is 2. The Balaban J connectivity index is 2.92. The lowest BCUT2D eigenvalue weighted by Crippen LogP contribution is -2.55. The minimum Gasteiger partial charge on any atom is -0.102 e. The zero-order valence-electron chi connectivity index (χ0n) is 12.0. The van der Waals surface area contributed by atoms with Gasteiger partial charge in [0.2, 0.25) is 0 Å². The van der Waals surface area contributed by atoms with Crippen LogP contribution in [-0.2, 0) is 0 Å². The van der Waals surface area contributed by atoms with E-state index in [1.165, 1.54) is 32.9 Å². The molecule has 0 radical (unpaired) electrons. The Hall–Kier alpha value is -0.465. The van der Waals surface area contributed by atoms with Gasteiger partial charge in [-0.2, -0.15) is 0 Å². The molecule has 0 heterocycles. The maximum atomic E-state index is 6.42. The fraction of sp³-hybridized carbons (Fsp3) is 0. The Morgan fingerprint density at radius 3 is 1.68 bits per heavy atom. The molecule has 0 aliphatic carbocycles. The fourth-order valence-electron chi connectivity index (χ4n) is 2.61. The summed E-state index contributed by atoms with van der Waals surface area (Å²) in [5.41, 5.74) is 9.07. The molecule has 0 unspecified atom stereocenters. The van der Waals surface area contributed by atoms with Gasteiger partial charge in [0.1, 0.15) is 39.2 Å². The van der Waals surface area contributed by atoms with Crippen molar-refractivity contribution in [2.24, 2.45) is 0 Å². The lowest BCUT2D eigenvalue weighted by molar-refractivity contribution is 1.63. The molecule has 0 amide bonds. The summed E-state index contributed by atoms with van der Waals surface area (Å²) in [5.74, 6) is 0. The molecule has 0 nitrogen and oxygen atoms in total. The summed E-state index contributed by atoms with van der Waals surface area (Å²) in [6, 6.07) is 5.96. The molecule has 90 valence electrons. The molecular weight excluding hydrogens is 314 g/mol. The van der Waals surface area contributed by atoms with E-state index in [-0.39, 0.29) is 0 Å². The Labute approximate surface area is 132 Å². The first-order valence-electron chi connectivity index (χ1n) is 6.37. The van der Waals surface area contributed by atoms with Gasteiger partial charge in [-0.05, 0) is 17.7 Å². The predicted molar refractivity (Wildman–Crippen MR) is 105 cm³/mol. The summed E-state index contributed by atoms with van der Waals surface area (Å²) in [6.07, 6.45) is 0. The number of hydrogen-bond acceptors (Lipinski definition) is 0. The van der Waals surface area contributed by atoms with Crippen LogP contribution < -0.4 is 27.3 Å². The van der Waals surface area contributed by atoms with E-state index in [1.54, 1.807) is 0 Å². The van der Waals surface area contributed by atoms with Crippen molar-refractivity contribution in [1.29, 1.82) is 0 Å². The molecule has 0 aliphatic rings. The smallest absolute Gasteiger partial charge is 0.102 e. The van der Waals surface area contributed by atoms with Crippen LogP contribution in [-0.4, -0.2) is 39.2 Å². The largest absolute Gasteiger partial charge is 0.139 e. The van der Waals surface area contributed by atoms with Crippen molar-refractivity contribution in [1.82, 2.24) is 0 Å². The Kier molecular flexibility index (Phi) is 4.32. The quantitative estimate of drug-likeness (QED) is 0.470. The second-order valence-corrected chi connectivity index (χ2v) is 6.36. The molecule has 0 spiro atoms. The van der Waals surface area contributed by atoms with Crippen LogP contribution in [0.15, 0.2) is 22.7 Å². The van der Waals surface area contributed by atoms with Gasteiger partial charge in [0.25, 0.3) is 0 Å². The SMILES string of the molecule is Bc1c(B)c(B)c(-c2c(Cl)cccc2Br)c(B)c1B. The average Bonchev–Trinajstić information content (AvgIpc) is 2.37. The maximum absolute atomic E-state index is 6.42. The van der Waals surface area contributed by atoms with E-state index in [1.807, 2.05) is 18.2 Å². The van der Waals surface area contributed by atoms with E-state index in [0.717, 1.165) is 15.1 Å². The van der Waals surface area contributed by atoms with Crippen LogP contribution in [0, 0.1) is 0 Å². The maximum Gasteiger partial charge on any atom is 0.139 e. The highest BCUT2D eigenvalue weighted by Crippen LogP contribution is 2.32. The van der Waals surface area contributed by atoms with Crippen molar-refractivity contribution in [2.75, 3.05) is 0 Å². The Morgan fingerprint density at radius 2 is 1.21 bits per heavy atom. The van der Waals surface area contributed by atoms with Crippen molar-refractivity contribution in [3.63, 3.8) is 0 Å². The van der Waals surface area contributed by atoms with Crippen LogP contribution in [0.2, 0.25) is 5.02 Å². The summed E-state index contributed by atoms with van der Waals surface area (Å²) < 4.78 is 1.05. The second-order valence-electron chi connectivity index (χ2n) is 5.10. The number of halogens is 2. The third-order valence-corrected chi connectivity index (χ3v) is 5.19. The molecule has 0 saturated heterocycles. The predicted octanol–water partition coefficient (Wildman–Crippen LogP) is -3.94. The molecule has 2 aromatic carbocycles. The molecule has 0 fully saturated rings. The zero-order chi connectivity index (χ0) is 14.3. The molecule has 0 atom stereocenters. The first kappa shape index (κ1) is 14.9. The van der Waals surface area contributed by atoms with Crippen molar-refractivity contribution in [3.8, 4) is 11.1 Å². The van der Waals surface area contributed by atoms with Crippen LogP contribution >= 0.6 is 27.5 Å². The van der Waals surface area contributed by atoms with Crippen LogP contribution in [0.1, 0.15) is 0 Å². The molecule has 0 aromatic heterocycles. The first-order chi connectivity index (χ1) is 8.86. The summed E-state index contributed by atoms with van der Waals surface area (Å²) in [7, 11) is 10.9. The van der Waals surface area contributed by atoms with Crippen LogP contribution in [0.3, 0.4) is 0 Å². The van der Waals surface area contributed by atoms with E-state index in [4.69, 9.17) is 11.6 Å². The molecule has 7 heteroatoms. The van der Waals surface area contributed by atoms with E-state index in [2.05, 4.69) is 55.2 Å². The third kappa shape index (κ3) is 2.45. The van der Waals surface area contributed by atoms with Crippen molar-refractivity contribution in [2.45, 2.75) is 0 Å². The average molecular weight is 327 g/mol. The molecule has 2 rings (SSSR count). The Morgan fingerprint density at radius 1 is 0.737 bits per heavy atom. The highest BCUT2D eigenvalue weighted by molar-refractivity contribution is 9.10. The van der Waals surface area contributed by atoms with Gasteiger partial charge in [-0.1, -0.05) is 44.5 Å². The standard InChI is InChI=1S/C12H13B5BrCl/c13-8-7(6-4(18)2-1-3-5(6)19)9(14)11(16)12(17)10(8)15/h1-3H,13-17H2. The van der Waals surface area contributed by atoms with Crippen molar-refractivity contribution in [3.05, 3.63) is 27.7 Å². The topological polar surface area (TPSA) is 0 Å². The lowest BCUT2D eigenvalue weighted by Gasteiger charge is -2.21. The van der Waals surface area contributed by atoms with Gasteiger partial charge in [-0.25, -0.2) is 0 Å².